The average Bonchev–Trinajstić information content (AvgIpc) is 3.32. The molecule has 0 spiro atoms. The van der Waals surface area contributed by atoms with E-state index >= 15 is 0 Å². The number of allylic oxidation sites excluding steroid dienone is 10. The van der Waals surface area contributed by atoms with E-state index in [4.69, 9.17) is 4.74 Å². The SMILES string of the molecule is CC/C=C/C/C=C/C/C=C/CCCCCCC(CC(=O)NC(CO)C(O)CCCCCCCCCCCCCCCCCCC)OC(=O)CCCCCCCCC/C=C\C/C=C\CCCCC. The van der Waals surface area contributed by atoms with E-state index in [0.717, 1.165) is 103 Å². The molecule has 0 aliphatic heterocycles. The maximum atomic E-state index is 13.3. The number of hydrogen-bond acceptors (Lipinski definition) is 5. The van der Waals surface area contributed by atoms with E-state index in [1.807, 2.05) is 0 Å². The van der Waals surface area contributed by atoms with Crippen LogP contribution in [-0.2, 0) is 14.3 Å². The zero-order valence-corrected chi connectivity index (χ0v) is 44.5. The van der Waals surface area contributed by atoms with Crippen LogP contribution in [0.5, 0.6) is 0 Å². The largest absolute Gasteiger partial charge is 0.462 e. The molecule has 0 rings (SSSR count). The van der Waals surface area contributed by atoms with Crippen molar-refractivity contribution in [2.75, 3.05) is 6.61 Å². The van der Waals surface area contributed by atoms with Crippen LogP contribution in [0.3, 0.4) is 0 Å². The summed E-state index contributed by atoms with van der Waals surface area (Å²) < 4.78 is 5.95. The third-order valence-electron chi connectivity index (χ3n) is 13.1. The van der Waals surface area contributed by atoms with Crippen molar-refractivity contribution in [2.45, 2.75) is 309 Å². The van der Waals surface area contributed by atoms with E-state index in [9.17, 15) is 19.8 Å². The molecule has 6 nitrogen and oxygen atoms in total. The van der Waals surface area contributed by atoms with Gasteiger partial charge in [-0.25, -0.2) is 0 Å². The maximum absolute atomic E-state index is 13.3. The lowest BCUT2D eigenvalue weighted by Gasteiger charge is -2.24. The summed E-state index contributed by atoms with van der Waals surface area (Å²) in [4.78, 5) is 26.3. The molecule has 0 aliphatic carbocycles. The molecular formula is C61H111NO5. The number of hydrogen-bond donors (Lipinski definition) is 3. The molecule has 0 fully saturated rings. The second-order valence-electron chi connectivity index (χ2n) is 19.7. The number of carbonyl (C=O) groups excluding carboxylic acids is 2. The number of nitrogens with one attached hydrogen (secondary N) is 1. The fraction of sp³-hybridized carbons (Fsp3) is 0.803. The molecule has 0 aromatic heterocycles. The van der Waals surface area contributed by atoms with Gasteiger partial charge < -0.3 is 20.3 Å². The molecule has 0 heterocycles. The Labute approximate surface area is 416 Å². The highest BCUT2D eigenvalue weighted by molar-refractivity contribution is 5.77. The van der Waals surface area contributed by atoms with E-state index in [2.05, 4.69) is 86.8 Å². The maximum Gasteiger partial charge on any atom is 0.306 e. The van der Waals surface area contributed by atoms with Crippen molar-refractivity contribution in [2.24, 2.45) is 0 Å². The number of unbranched alkanes of at least 4 members (excludes halogenated alkanes) is 30. The highest BCUT2D eigenvalue weighted by Crippen LogP contribution is 2.18. The molecule has 0 aromatic carbocycles. The second-order valence-corrected chi connectivity index (χ2v) is 19.7. The molecule has 1 amide bonds. The van der Waals surface area contributed by atoms with E-state index in [1.54, 1.807) is 0 Å². The monoisotopic (exact) mass is 938 g/mol. The molecule has 3 N–H and O–H groups in total. The number of amides is 1. The van der Waals surface area contributed by atoms with Crippen molar-refractivity contribution in [3.63, 3.8) is 0 Å². The van der Waals surface area contributed by atoms with Crippen molar-refractivity contribution < 1.29 is 24.5 Å². The Hall–Kier alpha value is -2.44. The predicted octanol–water partition coefficient (Wildman–Crippen LogP) is 18.0. The summed E-state index contributed by atoms with van der Waals surface area (Å²) in [6.07, 6.45) is 68.6. The molecule has 0 saturated carbocycles. The van der Waals surface area contributed by atoms with Gasteiger partial charge in [0.25, 0.3) is 0 Å². The van der Waals surface area contributed by atoms with Crippen LogP contribution in [0.15, 0.2) is 60.8 Å². The van der Waals surface area contributed by atoms with Gasteiger partial charge in [0.05, 0.1) is 25.2 Å². The highest BCUT2D eigenvalue weighted by Gasteiger charge is 2.24. The molecule has 3 unspecified atom stereocenters. The van der Waals surface area contributed by atoms with Crippen molar-refractivity contribution in [3.05, 3.63) is 60.8 Å². The molecule has 67 heavy (non-hydrogen) atoms. The number of esters is 1. The molecule has 0 aromatic rings. The van der Waals surface area contributed by atoms with Gasteiger partial charge in [0, 0.05) is 6.42 Å². The van der Waals surface area contributed by atoms with Gasteiger partial charge in [0.15, 0.2) is 0 Å². The summed E-state index contributed by atoms with van der Waals surface area (Å²) in [7, 11) is 0. The van der Waals surface area contributed by atoms with Crippen LogP contribution in [0.25, 0.3) is 0 Å². The lowest BCUT2D eigenvalue weighted by atomic mass is 10.0. The molecule has 0 radical (unpaired) electrons. The van der Waals surface area contributed by atoms with Crippen molar-refractivity contribution in [1.29, 1.82) is 0 Å². The van der Waals surface area contributed by atoms with E-state index in [0.29, 0.717) is 19.3 Å². The van der Waals surface area contributed by atoms with Crippen molar-refractivity contribution in [3.8, 4) is 0 Å². The minimum absolute atomic E-state index is 0.0590. The van der Waals surface area contributed by atoms with E-state index in [1.165, 1.54) is 141 Å². The fourth-order valence-corrected chi connectivity index (χ4v) is 8.71. The summed E-state index contributed by atoms with van der Waals surface area (Å²) in [5, 5.41) is 23.9. The molecule has 3 atom stereocenters. The summed E-state index contributed by atoms with van der Waals surface area (Å²) >= 11 is 0. The molecular weight excluding hydrogens is 827 g/mol. The minimum Gasteiger partial charge on any atom is -0.462 e. The van der Waals surface area contributed by atoms with Gasteiger partial charge in [0.1, 0.15) is 6.10 Å². The van der Waals surface area contributed by atoms with Gasteiger partial charge in [-0.15, -0.1) is 0 Å². The summed E-state index contributed by atoms with van der Waals surface area (Å²) in [6.45, 7) is 6.37. The Balaban J connectivity index is 4.55. The zero-order chi connectivity index (χ0) is 48.8. The average molecular weight is 939 g/mol. The molecule has 390 valence electrons. The third-order valence-corrected chi connectivity index (χ3v) is 13.1. The normalized spacial score (nSPS) is 13.6. The predicted molar refractivity (Wildman–Crippen MR) is 292 cm³/mol. The standard InChI is InChI=1S/C61H111NO5/c1-4-7-10-13-16-19-22-25-28-30-32-35-38-41-44-47-50-53-59(64)58(56-63)62-60(65)55-57(52-49-46-43-40-37-34-27-24-21-18-15-12-9-6-3)67-61(66)54-51-48-45-42-39-36-33-31-29-26-23-20-17-14-11-8-5-2/h9,12,17-18,20-21,26-27,29,34,57-59,63-64H,4-8,10-11,13-16,19,22-25,28,30-33,35-56H2,1-3H3,(H,62,65)/b12-9+,20-17-,21-18+,29-26-,34-27+. The first-order valence-corrected chi connectivity index (χ1v) is 29.0. The lowest BCUT2D eigenvalue weighted by molar-refractivity contribution is -0.151. The van der Waals surface area contributed by atoms with Gasteiger partial charge in [-0.1, -0.05) is 248 Å². The summed E-state index contributed by atoms with van der Waals surface area (Å²) in [6, 6.07) is -0.713. The fourth-order valence-electron chi connectivity index (χ4n) is 8.71. The molecule has 0 bridgehead atoms. The lowest BCUT2D eigenvalue weighted by Crippen LogP contribution is -2.46. The van der Waals surface area contributed by atoms with Gasteiger partial charge in [-0.3, -0.25) is 9.59 Å². The Morgan fingerprint density at radius 2 is 0.806 bits per heavy atom. The zero-order valence-electron chi connectivity index (χ0n) is 44.5. The van der Waals surface area contributed by atoms with Gasteiger partial charge in [-0.2, -0.15) is 0 Å². The van der Waals surface area contributed by atoms with Crippen LogP contribution in [0.2, 0.25) is 0 Å². The van der Waals surface area contributed by atoms with Crippen LogP contribution >= 0.6 is 0 Å². The molecule has 6 heteroatoms. The first-order chi connectivity index (χ1) is 33.0. The van der Waals surface area contributed by atoms with E-state index in [-0.39, 0.29) is 24.9 Å². The number of rotatable bonds is 52. The first kappa shape index (κ1) is 64.6. The third kappa shape index (κ3) is 49.8. The summed E-state index contributed by atoms with van der Waals surface area (Å²) in [5.41, 5.74) is 0. The van der Waals surface area contributed by atoms with Crippen LogP contribution in [-0.4, -0.2) is 46.9 Å². The summed E-state index contributed by atoms with van der Waals surface area (Å²) in [5.74, 6) is -0.498. The second kappa shape index (κ2) is 54.5. The molecule has 0 aliphatic rings. The van der Waals surface area contributed by atoms with Crippen molar-refractivity contribution in [1.82, 2.24) is 5.32 Å². The Bertz CT molecular complexity index is 1190. The van der Waals surface area contributed by atoms with Crippen LogP contribution in [0.1, 0.15) is 290 Å². The smallest absolute Gasteiger partial charge is 0.306 e. The van der Waals surface area contributed by atoms with Crippen molar-refractivity contribution >= 4 is 11.9 Å². The van der Waals surface area contributed by atoms with Gasteiger partial charge >= 0.3 is 5.97 Å². The Kier molecular flexibility index (Phi) is 52.5. The Morgan fingerprint density at radius 1 is 0.448 bits per heavy atom. The Morgan fingerprint density at radius 3 is 1.25 bits per heavy atom. The first-order valence-electron chi connectivity index (χ1n) is 29.0. The number of ether oxygens (including phenoxy) is 1. The van der Waals surface area contributed by atoms with Gasteiger partial charge in [-0.05, 0) is 89.9 Å². The van der Waals surface area contributed by atoms with E-state index < -0.39 is 18.2 Å². The van der Waals surface area contributed by atoms with Crippen LogP contribution in [0.4, 0.5) is 0 Å². The number of aliphatic hydroxyl groups is 2. The minimum atomic E-state index is -0.798. The number of aliphatic hydroxyl groups excluding tert-OH is 2. The topological polar surface area (TPSA) is 95.9 Å². The quantitative estimate of drug-likeness (QED) is 0.0321. The van der Waals surface area contributed by atoms with Crippen LogP contribution < -0.4 is 5.32 Å². The molecule has 0 saturated heterocycles. The van der Waals surface area contributed by atoms with Crippen LogP contribution in [0, 0.1) is 0 Å². The van der Waals surface area contributed by atoms with Gasteiger partial charge in [0.2, 0.25) is 5.91 Å². The number of carbonyl (C=O) groups is 2. The highest BCUT2D eigenvalue weighted by atomic mass is 16.5.